The Morgan fingerprint density at radius 3 is 2.37 bits per heavy atom. The summed E-state index contributed by atoms with van der Waals surface area (Å²) in [6, 6.07) is 8.22. The number of phenolic OH excluding ortho intramolecular Hbond substituents is 1. The molecule has 0 unspecified atom stereocenters. The largest absolute Gasteiger partial charge is 0.506 e. The van der Waals surface area contributed by atoms with Gasteiger partial charge in [-0.05, 0) is 31.2 Å². The molecule has 0 aliphatic carbocycles. The van der Waals surface area contributed by atoms with Gasteiger partial charge >= 0.3 is 0 Å². The van der Waals surface area contributed by atoms with E-state index in [4.69, 9.17) is 0 Å². The number of para-hydroxylation sites is 2. The van der Waals surface area contributed by atoms with Gasteiger partial charge in [0.1, 0.15) is 5.75 Å². The molecule has 0 saturated carbocycles. The molecule has 1 aliphatic rings. The van der Waals surface area contributed by atoms with Gasteiger partial charge in [0.2, 0.25) is 5.91 Å². The van der Waals surface area contributed by atoms with E-state index in [0.717, 1.165) is 17.8 Å². The lowest BCUT2D eigenvalue weighted by molar-refractivity contribution is -0.120. The molecule has 8 heteroatoms. The Bertz CT molecular complexity index is 839. The Balaban J connectivity index is 1.61. The number of phenols is 1. The lowest BCUT2D eigenvalue weighted by Crippen LogP contribution is -2.52. The first kappa shape index (κ1) is 19.0. The highest BCUT2D eigenvalue weighted by Gasteiger charge is 2.27. The van der Waals surface area contributed by atoms with Crippen molar-refractivity contribution >= 4 is 17.3 Å². The summed E-state index contributed by atoms with van der Waals surface area (Å²) in [6.07, 6.45) is 0. The maximum absolute atomic E-state index is 13.7. The van der Waals surface area contributed by atoms with Crippen molar-refractivity contribution in [2.45, 2.75) is 13.0 Å². The van der Waals surface area contributed by atoms with Crippen molar-refractivity contribution in [2.24, 2.45) is 0 Å². The standard InChI is InChI=1S/C19H20F3N3O2/c1-12(19(27)23-14-7-6-13(20)17(21)18(14)22)24-8-10-25(11-9-24)15-4-2-3-5-16(15)26/h2-7,12,26H,8-11H2,1H3,(H,23,27)/t12-/m0/s1. The third-order valence-electron chi connectivity index (χ3n) is 4.76. The molecule has 1 heterocycles. The Kier molecular flexibility index (Phi) is 5.55. The van der Waals surface area contributed by atoms with E-state index >= 15 is 0 Å². The summed E-state index contributed by atoms with van der Waals surface area (Å²) < 4.78 is 40.0. The topological polar surface area (TPSA) is 55.8 Å². The average Bonchev–Trinajstić information content (AvgIpc) is 2.68. The highest BCUT2D eigenvalue weighted by Crippen LogP contribution is 2.27. The Morgan fingerprint density at radius 1 is 1.04 bits per heavy atom. The minimum Gasteiger partial charge on any atom is -0.506 e. The van der Waals surface area contributed by atoms with Gasteiger partial charge in [-0.1, -0.05) is 12.1 Å². The van der Waals surface area contributed by atoms with Gasteiger partial charge in [-0.3, -0.25) is 9.69 Å². The minimum atomic E-state index is -1.61. The zero-order valence-corrected chi connectivity index (χ0v) is 14.8. The normalized spacial score (nSPS) is 16.2. The number of nitrogens with zero attached hydrogens (tertiary/aromatic N) is 2. The molecule has 27 heavy (non-hydrogen) atoms. The number of nitrogens with one attached hydrogen (secondary N) is 1. The van der Waals surface area contributed by atoms with E-state index in [-0.39, 0.29) is 5.75 Å². The summed E-state index contributed by atoms with van der Waals surface area (Å²) in [4.78, 5) is 16.3. The Hall–Kier alpha value is -2.74. The van der Waals surface area contributed by atoms with Gasteiger partial charge in [0.05, 0.1) is 17.4 Å². The van der Waals surface area contributed by atoms with Gasteiger partial charge in [0, 0.05) is 26.2 Å². The number of carbonyl (C=O) groups is 1. The van der Waals surface area contributed by atoms with Crippen LogP contribution in [0, 0.1) is 17.5 Å². The first-order valence-electron chi connectivity index (χ1n) is 8.60. The summed E-state index contributed by atoms with van der Waals surface area (Å²) in [5.74, 6) is -4.64. The maximum atomic E-state index is 13.7. The van der Waals surface area contributed by atoms with Crippen molar-refractivity contribution in [2.75, 3.05) is 36.4 Å². The van der Waals surface area contributed by atoms with Gasteiger partial charge < -0.3 is 15.3 Å². The average molecular weight is 379 g/mol. The number of benzene rings is 2. The van der Waals surface area contributed by atoms with Crippen molar-refractivity contribution < 1.29 is 23.1 Å². The summed E-state index contributed by atoms with van der Waals surface area (Å²) in [7, 11) is 0. The van der Waals surface area contributed by atoms with E-state index < -0.39 is 35.1 Å². The Morgan fingerprint density at radius 2 is 1.70 bits per heavy atom. The fourth-order valence-corrected chi connectivity index (χ4v) is 3.11. The smallest absolute Gasteiger partial charge is 0.241 e. The Labute approximate surface area is 155 Å². The number of carbonyl (C=O) groups excluding carboxylic acids is 1. The molecular weight excluding hydrogens is 359 g/mol. The van der Waals surface area contributed by atoms with Crippen molar-refractivity contribution in [3.05, 3.63) is 53.8 Å². The molecule has 2 aromatic carbocycles. The third-order valence-corrected chi connectivity index (χ3v) is 4.76. The molecule has 2 aromatic rings. The molecule has 0 radical (unpaired) electrons. The van der Waals surface area contributed by atoms with Crippen LogP contribution in [0.4, 0.5) is 24.5 Å². The van der Waals surface area contributed by atoms with Crippen LogP contribution in [0.2, 0.25) is 0 Å². The number of amides is 1. The van der Waals surface area contributed by atoms with Crippen LogP contribution in [0.3, 0.4) is 0 Å². The molecule has 1 saturated heterocycles. The first-order valence-corrected chi connectivity index (χ1v) is 8.60. The molecule has 1 amide bonds. The van der Waals surface area contributed by atoms with E-state index in [1.165, 1.54) is 0 Å². The molecule has 0 bridgehead atoms. The first-order chi connectivity index (χ1) is 12.9. The molecule has 2 N–H and O–H groups in total. The van der Waals surface area contributed by atoms with Gasteiger partial charge in [0.15, 0.2) is 17.5 Å². The van der Waals surface area contributed by atoms with Crippen molar-refractivity contribution in [3.8, 4) is 5.75 Å². The van der Waals surface area contributed by atoms with Crippen LogP contribution in [0.5, 0.6) is 5.75 Å². The van der Waals surface area contributed by atoms with Crippen LogP contribution >= 0.6 is 0 Å². The maximum Gasteiger partial charge on any atom is 0.241 e. The highest BCUT2D eigenvalue weighted by molar-refractivity contribution is 5.94. The molecule has 3 rings (SSSR count). The number of piperazine rings is 1. The second-order valence-corrected chi connectivity index (χ2v) is 6.40. The number of anilines is 2. The fraction of sp³-hybridized carbons (Fsp3) is 0.316. The van der Waals surface area contributed by atoms with Gasteiger partial charge in [-0.15, -0.1) is 0 Å². The van der Waals surface area contributed by atoms with Crippen molar-refractivity contribution in [1.82, 2.24) is 4.90 Å². The van der Waals surface area contributed by atoms with Crippen molar-refractivity contribution in [3.63, 3.8) is 0 Å². The van der Waals surface area contributed by atoms with E-state index in [2.05, 4.69) is 5.32 Å². The molecule has 0 aromatic heterocycles. The second kappa shape index (κ2) is 7.87. The van der Waals surface area contributed by atoms with Crippen LogP contribution in [0.1, 0.15) is 6.92 Å². The number of halogens is 3. The lowest BCUT2D eigenvalue weighted by atomic mass is 10.2. The van der Waals surface area contributed by atoms with E-state index in [9.17, 15) is 23.1 Å². The van der Waals surface area contributed by atoms with Crippen LogP contribution < -0.4 is 10.2 Å². The zero-order chi connectivity index (χ0) is 19.6. The summed E-state index contributed by atoms with van der Waals surface area (Å²) in [5, 5.41) is 12.3. The SMILES string of the molecule is C[C@@H](C(=O)Nc1ccc(F)c(F)c1F)N1CCN(c2ccccc2O)CC1. The third kappa shape index (κ3) is 4.00. The highest BCUT2D eigenvalue weighted by atomic mass is 19.2. The molecule has 144 valence electrons. The molecule has 1 fully saturated rings. The van der Waals surface area contributed by atoms with Crippen LogP contribution in [-0.4, -0.2) is 48.1 Å². The number of rotatable bonds is 4. The molecule has 1 atom stereocenters. The quantitative estimate of drug-likeness (QED) is 0.802. The van der Waals surface area contributed by atoms with Gasteiger partial charge in [-0.25, -0.2) is 13.2 Å². The predicted octanol–water partition coefficient (Wildman–Crippen LogP) is 2.96. The molecular formula is C19H20F3N3O2. The van der Waals surface area contributed by atoms with Crippen LogP contribution in [-0.2, 0) is 4.79 Å². The van der Waals surface area contributed by atoms with Crippen LogP contribution in [0.25, 0.3) is 0 Å². The van der Waals surface area contributed by atoms with Gasteiger partial charge in [0.25, 0.3) is 0 Å². The minimum absolute atomic E-state index is 0.200. The second-order valence-electron chi connectivity index (χ2n) is 6.40. The fourth-order valence-electron chi connectivity index (χ4n) is 3.11. The lowest BCUT2D eigenvalue weighted by Gasteiger charge is -2.38. The predicted molar refractivity (Wildman–Crippen MR) is 96.3 cm³/mol. The summed E-state index contributed by atoms with van der Waals surface area (Å²) in [5.41, 5.74) is 0.344. The molecule has 5 nitrogen and oxygen atoms in total. The number of hydrogen-bond donors (Lipinski definition) is 2. The number of hydrogen-bond acceptors (Lipinski definition) is 4. The van der Waals surface area contributed by atoms with E-state index in [1.807, 2.05) is 21.9 Å². The monoisotopic (exact) mass is 379 g/mol. The number of aromatic hydroxyl groups is 1. The van der Waals surface area contributed by atoms with E-state index in [0.29, 0.717) is 26.2 Å². The molecule has 0 spiro atoms. The summed E-state index contributed by atoms with van der Waals surface area (Å²) in [6.45, 7) is 4.00. The molecule has 1 aliphatic heterocycles. The van der Waals surface area contributed by atoms with Gasteiger partial charge in [-0.2, -0.15) is 0 Å². The summed E-state index contributed by atoms with van der Waals surface area (Å²) >= 11 is 0. The van der Waals surface area contributed by atoms with Crippen LogP contribution in [0.15, 0.2) is 36.4 Å². The zero-order valence-electron chi connectivity index (χ0n) is 14.8. The van der Waals surface area contributed by atoms with E-state index in [1.54, 1.807) is 19.1 Å². The van der Waals surface area contributed by atoms with Crippen molar-refractivity contribution in [1.29, 1.82) is 0 Å².